The molecular weight excluding hydrogens is 216 g/mol. The lowest BCUT2D eigenvalue weighted by Gasteiger charge is -2.30. The number of hydrogen-bond acceptors (Lipinski definition) is 3. The average Bonchev–Trinajstić information content (AvgIpc) is 2.83. The highest BCUT2D eigenvalue weighted by molar-refractivity contribution is 7.09. The molecule has 1 aromatic heterocycles. The van der Waals surface area contributed by atoms with Crippen molar-refractivity contribution in [2.24, 2.45) is 5.92 Å². The molecule has 2 nitrogen and oxygen atoms in total. The molecule has 1 N–H and O–H groups in total. The second kappa shape index (κ2) is 5.78. The van der Waals surface area contributed by atoms with Gasteiger partial charge in [0.05, 0.1) is 6.04 Å². The zero-order valence-electron chi connectivity index (χ0n) is 10.3. The first-order valence-corrected chi connectivity index (χ1v) is 7.31. The van der Waals surface area contributed by atoms with Crippen LogP contribution < -0.4 is 5.32 Å². The number of nitrogens with zero attached hydrogens (tertiary/aromatic N) is 1. The van der Waals surface area contributed by atoms with E-state index < -0.39 is 0 Å². The van der Waals surface area contributed by atoms with Gasteiger partial charge in [0.15, 0.2) is 0 Å². The summed E-state index contributed by atoms with van der Waals surface area (Å²) in [5.41, 5.74) is 0. The first-order valence-electron chi connectivity index (χ1n) is 6.43. The molecule has 16 heavy (non-hydrogen) atoms. The fourth-order valence-corrected chi connectivity index (χ4v) is 3.34. The maximum Gasteiger partial charge on any atom is 0.109 e. The molecule has 1 aliphatic carbocycles. The summed E-state index contributed by atoms with van der Waals surface area (Å²) in [5, 5.41) is 6.97. The minimum Gasteiger partial charge on any atom is -0.305 e. The zero-order chi connectivity index (χ0) is 11.4. The van der Waals surface area contributed by atoms with Gasteiger partial charge in [0, 0.05) is 17.6 Å². The van der Waals surface area contributed by atoms with Gasteiger partial charge >= 0.3 is 0 Å². The molecule has 1 fully saturated rings. The molecule has 2 rings (SSSR count). The molecule has 3 heteroatoms. The maximum atomic E-state index is 4.37. The molecule has 0 aliphatic heterocycles. The van der Waals surface area contributed by atoms with Gasteiger partial charge in [-0.1, -0.05) is 19.3 Å². The van der Waals surface area contributed by atoms with Gasteiger partial charge in [-0.25, -0.2) is 4.98 Å². The van der Waals surface area contributed by atoms with Crippen molar-refractivity contribution in [3.63, 3.8) is 0 Å². The van der Waals surface area contributed by atoms with Crippen LogP contribution in [-0.2, 0) is 0 Å². The van der Waals surface area contributed by atoms with E-state index in [1.807, 2.05) is 6.20 Å². The monoisotopic (exact) mass is 238 g/mol. The van der Waals surface area contributed by atoms with Gasteiger partial charge in [-0.2, -0.15) is 0 Å². The van der Waals surface area contributed by atoms with E-state index in [4.69, 9.17) is 0 Å². The van der Waals surface area contributed by atoms with Crippen molar-refractivity contribution in [1.82, 2.24) is 10.3 Å². The van der Waals surface area contributed by atoms with Gasteiger partial charge in [-0.05, 0) is 32.6 Å². The predicted octanol–water partition coefficient (Wildman–Crippen LogP) is 3.76. The number of hydrogen-bond donors (Lipinski definition) is 1. The Balaban J connectivity index is 1.84. The van der Waals surface area contributed by atoms with Gasteiger partial charge < -0.3 is 5.32 Å². The highest BCUT2D eigenvalue weighted by Gasteiger charge is 2.21. The van der Waals surface area contributed by atoms with Crippen LogP contribution in [0.15, 0.2) is 11.6 Å². The number of aromatic nitrogens is 1. The second-order valence-corrected chi connectivity index (χ2v) is 5.87. The number of rotatable bonds is 4. The minimum atomic E-state index is 0.400. The summed E-state index contributed by atoms with van der Waals surface area (Å²) in [6.45, 7) is 4.55. The van der Waals surface area contributed by atoms with E-state index in [0.29, 0.717) is 12.1 Å². The second-order valence-electron chi connectivity index (χ2n) is 4.95. The lowest BCUT2D eigenvalue weighted by Crippen LogP contribution is -2.36. The van der Waals surface area contributed by atoms with Gasteiger partial charge in [0.2, 0.25) is 0 Å². The standard InChI is InChI=1S/C13H22N2S/c1-10(12-6-4-3-5-7-12)15-11(2)13-14-8-9-16-13/h8-12,15H,3-7H2,1-2H3. The van der Waals surface area contributed by atoms with E-state index in [-0.39, 0.29) is 0 Å². The van der Waals surface area contributed by atoms with Crippen LogP contribution in [0.3, 0.4) is 0 Å². The number of thiazole rings is 1. The van der Waals surface area contributed by atoms with Crippen LogP contribution in [-0.4, -0.2) is 11.0 Å². The van der Waals surface area contributed by atoms with Gasteiger partial charge in [-0.15, -0.1) is 11.3 Å². The van der Waals surface area contributed by atoms with Crippen LogP contribution in [0, 0.1) is 5.92 Å². The lowest BCUT2D eigenvalue weighted by atomic mass is 9.84. The van der Waals surface area contributed by atoms with E-state index in [1.54, 1.807) is 11.3 Å². The third-order valence-electron chi connectivity index (χ3n) is 3.69. The van der Waals surface area contributed by atoms with Gasteiger partial charge in [-0.3, -0.25) is 0 Å². The van der Waals surface area contributed by atoms with Crippen LogP contribution in [0.4, 0.5) is 0 Å². The lowest BCUT2D eigenvalue weighted by molar-refractivity contribution is 0.268. The highest BCUT2D eigenvalue weighted by atomic mass is 32.1. The predicted molar refractivity (Wildman–Crippen MR) is 69.7 cm³/mol. The molecular formula is C13H22N2S. The Kier molecular flexibility index (Phi) is 4.36. The fraction of sp³-hybridized carbons (Fsp3) is 0.769. The van der Waals surface area contributed by atoms with E-state index in [0.717, 1.165) is 5.92 Å². The van der Waals surface area contributed by atoms with Crippen LogP contribution in [0.2, 0.25) is 0 Å². The molecule has 1 aromatic rings. The van der Waals surface area contributed by atoms with E-state index in [2.05, 4.69) is 29.5 Å². The Morgan fingerprint density at radius 1 is 1.31 bits per heavy atom. The highest BCUT2D eigenvalue weighted by Crippen LogP contribution is 2.27. The zero-order valence-corrected chi connectivity index (χ0v) is 11.1. The summed E-state index contributed by atoms with van der Waals surface area (Å²) in [5.74, 6) is 0.871. The summed E-state index contributed by atoms with van der Waals surface area (Å²) in [6, 6.07) is 1.02. The molecule has 0 bridgehead atoms. The molecule has 2 atom stereocenters. The van der Waals surface area contributed by atoms with Crippen molar-refractivity contribution < 1.29 is 0 Å². The average molecular weight is 238 g/mol. The smallest absolute Gasteiger partial charge is 0.109 e. The molecule has 0 saturated heterocycles. The Morgan fingerprint density at radius 2 is 2.06 bits per heavy atom. The molecule has 0 spiro atoms. The van der Waals surface area contributed by atoms with Crippen molar-refractivity contribution in [2.45, 2.75) is 58.0 Å². The topological polar surface area (TPSA) is 24.9 Å². The minimum absolute atomic E-state index is 0.400. The SMILES string of the molecule is CC(NC(C)C1CCCCC1)c1nccs1. The van der Waals surface area contributed by atoms with Gasteiger partial charge in [0.25, 0.3) is 0 Å². The summed E-state index contributed by atoms with van der Waals surface area (Å²) in [7, 11) is 0. The molecule has 2 unspecified atom stereocenters. The first-order chi connectivity index (χ1) is 7.77. The van der Waals surface area contributed by atoms with Crippen molar-refractivity contribution in [3.05, 3.63) is 16.6 Å². The Labute approximate surface area is 102 Å². The Bertz CT molecular complexity index is 291. The number of nitrogens with one attached hydrogen (secondary N) is 1. The molecule has 0 aromatic carbocycles. The maximum absolute atomic E-state index is 4.37. The third kappa shape index (κ3) is 3.05. The summed E-state index contributed by atoms with van der Waals surface area (Å²) in [4.78, 5) is 4.37. The van der Waals surface area contributed by atoms with Crippen LogP contribution in [0.25, 0.3) is 0 Å². The van der Waals surface area contributed by atoms with Gasteiger partial charge in [0.1, 0.15) is 5.01 Å². The van der Waals surface area contributed by atoms with E-state index in [9.17, 15) is 0 Å². The Morgan fingerprint density at radius 3 is 2.69 bits per heavy atom. The molecule has 1 aliphatic rings. The van der Waals surface area contributed by atoms with E-state index in [1.165, 1.54) is 37.1 Å². The normalized spacial score (nSPS) is 21.9. The quantitative estimate of drug-likeness (QED) is 0.864. The van der Waals surface area contributed by atoms with Crippen molar-refractivity contribution in [2.75, 3.05) is 0 Å². The van der Waals surface area contributed by atoms with E-state index >= 15 is 0 Å². The Hall–Kier alpha value is -0.410. The molecule has 1 heterocycles. The van der Waals surface area contributed by atoms with Crippen LogP contribution >= 0.6 is 11.3 Å². The first kappa shape index (κ1) is 12.1. The van der Waals surface area contributed by atoms with Crippen molar-refractivity contribution in [3.8, 4) is 0 Å². The summed E-state index contributed by atoms with van der Waals surface area (Å²) in [6.07, 6.45) is 8.97. The van der Waals surface area contributed by atoms with Crippen molar-refractivity contribution in [1.29, 1.82) is 0 Å². The molecule has 0 radical (unpaired) electrons. The van der Waals surface area contributed by atoms with Crippen LogP contribution in [0.1, 0.15) is 57.0 Å². The fourth-order valence-electron chi connectivity index (χ4n) is 2.68. The van der Waals surface area contributed by atoms with Crippen LogP contribution in [0.5, 0.6) is 0 Å². The summed E-state index contributed by atoms with van der Waals surface area (Å²) >= 11 is 1.75. The summed E-state index contributed by atoms with van der Waals surface area (Å²) < 4.78 is 0. The largest absolute Gasteiger partial charge is 0.305 e. The molecule has 0 amide bonds. The van der Waals surface area contributed by atoms with Crippen molar-refractivity contribution >= 4 is 11.3 Å². The molecule has 90 valence electrons. The molecule has 1 saturated carbocycles. The third-order valence-corrected chi connectivity index (χ3v) is 4.65.